The van der Waals surface area contributed by atoms with Gasteiger partial charge in [-0.1, -0.05) is 0 Å². The highest BCUT2D eigenvalue weighted by Gasteiger charge is 1.96. The van der Waals surface area contributed by atoms with Gasteiger partial charge in [-0.25, -0.2) is 4.39 Å². The fourth-order valence-electron chi connectivity index (χ4n) is 0.744. The van der Waals surface area contributed by atoms with Crippen LogP contribution in [0, 0.1) is 17.1 Å². The monoisotopic (exact) mass is 152 g/mol. The molecule has 0 radical (unpaired) electrons. The number of halogens is 1. The van der Waals surface area contributed by atoms with Crippen molar-refractivity contribution in [2.24, 2.45) is 0 Å². The maximum Gasteiger partial charge on any atom is 0.251 e. The number of nitrogens with one attached hydrogen (secondary N) is 1. The van der Waals surface area contributed by atoms with E-state index in [0.29, 0.717) is 5.69 Å². The molecular weight excluding hydrogens is 147 g/mol. The molecule has 0 amide bonds. The van der Waals surface area contributed by atoms with Gasteiger partial charge in [0.1, 0.15) is 5.82 Å². The number of nitriles is 1. The Morgan fingerprint density at radius 3 is 2.91 bits per heavy atom. The van der Waals surface area contributed by atoms with Crippen molar-refractivity contribution in [1.82, 2.24) is 4.98 Å². The first-order valence-corrected chi connectivity index (χ1v) is 2.98. The van der Waals surface area contributed by atoms with Crippen LogP contribution in [0.15, 0.2) is 16.9 Å². The van der Waals surface area contributed by atoms with Crippen LogP contribution >= 0.6 is 0 Å². The number of aromatic amines is 1. The van der Waals surface area contributed by atoms with Crippen LogP contribution in [0.1, 0.15) is 5.69 Å². The standard InChI is InChI=1S/C7H5FN2O/c8-5-3-6(1-2-9)10-7(11)4-5/h3-4H,1H2,(H,10,11). The number of pyridine rings is 1. The Morgan fingerprint density at radius 1 is 1.64 bits per heavy atom. The molecule has 0 unspecified atom stereocenters. The van der Waals surface area contributed by atoms with Crippen molar-refractivity contribution in [3.63, 3.8) is 0 Å². The first kappa shape index (κ1) is 7.48. The van der Waals surface area contributed by atoms with Gasteiger partial charge in [-0.2, -0.15) is 5.26 Å². The Hall–Kier alpha value is -1.63. The molecule has 1 aromatic rings. The Labute approximate surface area is 62.1 Å². The maximum absolute atomic E-state index is 12.4. The van der Waals surface area contributed by atoms with E-state index >= 15 is 0 Å². The zero-order valence-electron chi connectivity index (χ0n) is 5.60. The molecule has 56 valence electrons. The predicted octanol–water partition coefficient (Wildman–Crippen LogP) is 0.580. The third-order valence-electron chi connectivity index (χ3n) is 1.13. The molecule has 3 nitrogen and oxygen atoms in total. The van der Waals surface area contributed by atoms with E-state index in [0.717, 1.165) is 12.1 Å². The molecule has 0 atom stereocenters. The van der Waals surface area contributed by atoms with E-state index < -0.39 is 11.4 Å². The van der Waals surface area contributed by atoms with Crippen molar-refractivity contribution >= 4 is 0 Å². The summed E-state index contributed by atoms with van der Waals surface area (Å²) < 4.78 is 12.4. The second-order valence-electron chi connectivity index (χ2n) is 2.02. The Bertz CT molecular complexity index is 350. The van der Waals surface area contributed by atoms with E-state index in [1.165, 1.54) is 0 Å². The Morgan fingerprint density at radius 2 is 2.36 bits per heavy atom. The molecule has 1 rings (SSSR count). The lowest BCUT2D eigenvalue weighted by molar-refractivity contribution is 0.620. The number of rotatable bonds is 1. The number of aromatic nitrogens is 1. The smallest absolute Gasteiger partial charge is 0.251 e. The topological polar surface area (TPSA) is 56.6 Å². The fraction of sp³-hybridized carbons (Fsp3) is 0.143. The van der Waals surface area contributed by atoms with Crippen molar-refractivity contribution in [2.45, 2.75) is 6.42 Å². The first-order valence-electron chi connectivity index (χ1n) is 2.98. The first-order chi connectivity index (χ1) is 5.22. The molecule has 0 aromatic carbocycles. The lowest BCUT2D eigenvalue weighted by atomic mass is 10.3. The van der Waals surface area contributed by atoms with Crippen LogP contribution in [0.25, 0.3) is 0 Å². The second kappa shape index (κ2) is 2.97. The highest BCUT2D eigenvalue weighted by atomic mass is 19.1. The molecule has 0 bridgehead atoms. The predicted molar refractivity (Wildman–Crippen MR) is 36.3 cm³/mol. The van der Waals surface area contributed by atoms with Crippen LogP contribution in [-0.4, -0.2) is 4.98 Å². The number of nitrogens with zero attached hydrogens (tertiary/aromatic N) is 1. The largest absolute Gasteiger partial charge is 0.325 e. The van der Waals surface area contributed by atoms with Crippen LogP contribution < -0.4 is 5.56 Å². The van der Waals surface area contributed by atoms with Gasteiger partial charge in [-0.15, -0.1) is 0 Å². The van der Waals surface area contributed by atoms with Crippen LogP contribution in [0.2, 0.25) is 0 Å². The van der Waals surface area contributed by atoms with E-state index in [4.69, 9.17) is 5.26 Å². The summed E-state index contributed by atoms with van der Waals surface area (Å²) in [5.74, 6) is -0.612. The van der Waals surface area contributed by atoms with Gasteiger partial charge in [0.05, 0.1) is 12.5 Å². The van der Waals surface area contributed by atoms with Gasteiger partial charge in [0.25, 0.3) is 5.56 Å². The summed E-state index contributed by atoms with van der Waals surface area (Å²) in [7, 11) is 0. The summed E-state index contributed by atoms with van der Waals surface area (Å²) in [5.41, 5.74) is -0.215. The minimum absolute atomic E-state index is 0.0208. The molecule has 0 saturated carbocycles. The Kier molecular flexibility index (Phi) is 2.02. The van der Waals surface area contributed by atoms with Crippen molar-refractivity contribution in [3.05, 3.63) is 34.0 Å². The summed E-state index contributed by atoms with van der Waals surface area (Å²) >= 11 is 0. The van der Waals surface area contributed by atoms with Gasteiger partial charge in [0.15, 0.2) is 0 Å². The van der Waals surface area contributed by atoms with Crippen LogP contribution in [0.4, 0.5) is 4.39 Å². The molecule has 0 fully saturated rings. The van der Waals surface area contributed by atoms with Crippen LogP contribution in [-0.2, 0) is 6.42 Å². The van der Waals surface area contributed by atoms with E-state index in [1.807, 2.05) is 0 Å². The molecule has 1 aromatic heterocycles. The molecule has 0 saturated heterocycles. The van der Waals surface area contributed by atoms with Gasteiger partial charge >= 0.3 is 0 Å². The van der Waals surface area contributed by atoms with E-state index in [9.17, 15) is 9.18 Å². The third-order valence-corrected chi connectivity index (χ3v) is 1.13. The SMILES string of the molecule is N#CCc1cc(F)cc(=O)[nH]1. The molecule has 1 N–H and O–H groups in total. The zero-order valence-corrected chi connectivity index (χ0v) is 5.60. The van der Waals surface area contributed by atoms with Crippen molar-refractivity contribution < 1.29 is 4.39 Å². The summed E-state index contributed by atoms with van der Waals surface area (Å²) in [6.45, 7) is 0. The minimum atomic E-state index is -0.612. The maximum atomic E-state index is 12.4. The third kappa shape index (κ3) is 1.90. The van der Waals surface area contributed by atoms with Crippen molar-refractivity contribution in [3.8, 4) is 6.07 Å². The average molecular weight is 152 g/mol. The lowest BCUT2D eigenvalue weighted by Gasteiger charge is -1.92. The zero-order chi connectivity index (χ0) is 8.27. The van der Waals surface area contributed by atoms with Gasteiger partial charge in [-0.3, -0.25) is 4.79 Å². The Balaban J connectivity index is 3.11. The molecule has 0 spiro atoms. The van der Waals surface area contributed by atoms with Crippen LogP contribution in [0.3, 0.4) is 0 Å². The van der Waals surface area contributed by atoms with Gasteiger partial charge in [0, 0.05) is 11.8 Å². The molecule has 4 heteroatoms. The quantitative estimate of drug-likeness (QED) is 0.639. The average Bonchev–Trinajstić information content (AvgIpc) is 1.85. The van der Waals surface area contributed by atoms with E-state index in [-0.39, 0.29) is 6.42 Å². The van der Waals surface area contributed by atoms with Crippen LogP contribution in [0.5, 0.6) is 0 Å². The van der Waals surface area contributed by atoms with Gasteiger partial charge < -0.3 is 4.98 Å². The fourth-order valence-corrected chi connectivity index (χ4v) is 0.744. The minimum Gasteiger partial charge on any atom is -0.325 e. The van der Waals surface area contributed by atoms with E-state index in [2.05, 4.69) is 4.98 Å². The highest BCUT2D eigenvalue weighted by molar-refractivity contribution is 5.09. The lowest BCUT2D eigenvalue weighted by Crippen LogP contribution is -2.07. The number of hydrogen-bond acceptors (Lipinski definition) is 2. The molecular formula is C7H5FN2O. The summed E-state index contributed by atoms with van der Waals surface area (Å²) in [6, 6.07) is 3.77. The van der Waals surface area contributed by atoms with Gasteiger partial charge in [0.2, 0.25) is 0 Å². The summed E-state index contributed by atoms with van der Waals surface area (Å²) in [5, 5.41) is 8.21. The molecule has 11 heavy (non-hydrogen) atoms. The molecule has 0 aliphatic rings. The molecule has 1 heterocycles. The summed E-state index contributed by atoms with van der Waals surface area (Å²) in [6.07, 6.45) is 0.0208. The summed E-state index contributed by atoms with van der Waals surface area (Å²) in [4.78, 5) is 12.9. The molecule has 0 aliphatic carbocycles. The number of H-pyrrole nitrogens is 1. The second-order valence-corrected chi connectivity index (χ2v) is 2.02. The normalized spacial score (nSPS) is 9.09. The van der Waals surface area contributed by atoms with Crippen molar-refractivity contribution in [2.75, 3.05) is 0 Å². The van der Waals surface area contributed by atoms with E-state index in [1.54, 1.807) is 6.07 Å². The number of hydrogen-bond donors (Lipinski definition) is 1. The highest BCUT2D eigenvalue weighted by Crippen LogP contribution is 1.95. The molecule has 0 aliphatic heterocycles. The van der Waals surface area contributed by atoms with Gasteiger partial charge in [-0.05, 0) is 6.07 Å². The van der Waals surface area contributed by atoms with Crippen molar-refractivity contribution in [1.29, 1.82) is 5.26 Å².